The molecular weight excluding hydrogens is 277 g/mol. The molecule has 2 aromatic carbocycles. The molecule has 0 aliphatic heterocycles. The van der Waals surface area contributed by atoms with E-state index in [2.05, 4.69) is 0 Å². The molecule has 20 heavy (non-hydrogen) atoms. The van der Waals surface area contributed by atoms with Crippen molar-refractivity contribution >= 4 is 11.6 Å². The Morgan fingerprint density at radius 1 is 1.20 bits per heavy atom. The highest BCUT2D eigenvalue weighted by Gasteiger charge is 2.08. The quantitative estimate of drug-likeness (QED) is 0.883. The Labute approximate surface area is 123 Å². The van der Waals surface area contributed by atoms with Gasteiger partial charge in [0, 0.05) is 11.6 Å². The van der Waals surface area contributed by atoms with Crippen LogP contribution in [0.25, 0.3) is 0 Å². The van der Waals surface area contributed by atoms with Crippen LogP contribution in [0.2, 0.25) is 5.02 Å². The van der Waals surface area contributed by atoms with Crippen molar-refractivity contribution in [2.75, 3.05) is 0 Å². The van der Waals surface area contributed by atoms with Gasteiger partial charge < -0.3 is 10.5 Å². The van der Waals surface area contributed by atoms with Crippen molar-refractivity contribution < 1.29 is 9.13 Å². The molecule has 0 aromatic heterocycles. The molecule has 1 atom stereocenters. The van der Waals surface area contributed by atoms with E-state index in [-0.39, 0.29) is 18.5 Å². The van der Waals surface area contributed by atoms with Gasteiger partial charge in [0.25, 0.3) is 0 Å². The second-order valence-corrected chi connectivity index (χ2v) is 4.98. The zero-order valence-corrected chi connectivity index (χ0v) is 12.0. The van der Waals surface area contributed by atoms with Gasteiger partial charge in [0.2, 0.25) is 0 Å². The summed E-state index contributed by atoms with van der Waals surface area (Å²) in [5.74, 6) is 0.304. The number of nitrogens with two attached hydrogens (primary N) is 1. The Hall–Kier alpha value is -1.58. The summed E-state index contributed by atoms with van der Waals surface area (Å²) in [4.78, 5) is 0. The van der Waals surface area contributed by atoms with Crippen LogP contribution in [-0.4, -0.2) is 0 Å². The normalized spacial score (nSPS) is 12.2. The molecule has 0 aliphatic carbocycles. The smallest absolute Gasteiger partial charge is 0.131 e. The van der Waals surface area contributed by atoms with Crippen molar-refractivity contribution in [3.05, 3.63) is 64.4 Å². The summed E-state index contributed by atoms with van der Waals surface area (Å²) in [5, 5.41) is 0.370. The zero-order valence-electron chi connectivity index (χ0n) is 11.3. The third kappa shape index (κ3) is 3.50. The topological polar surface area (TPSA) is 35.2 Å². The van der Waals surface area contributed by atoms with E-state index >= 15 is 0 Å². The summed E-state index contributed by atoms with van der Waals surface area (Å²) in [7, 11) is 0. The van der Waals surface area contributed by atoms with Crippen molar-refractivity contribution in [1.82, 2.24) is 0 Å². The number of rotatable bonds is 5. The second-order valence-electron chi connectivity index (χ2n) is 4.57. The highest BCUT2D eigenvalue weighted by atomic mass is 35.5. The average molecular weight is 294 g/mol. The molecule has 0 saturated heterocycles. The van der Waals surface area contributed by atoms with Gasteiger partial charge in [-0.15, -0.1) is 0 Å². The van der Waals surface area contributed by atoms with Crippen molar-refractivity contribution in [2.45, 2.75) is 26.0 Å². The third-order valence-corrected chi connectivity index (χ3v) is 3.55. The molecular formula is C16H17ClFNO. The maximum absolute atomic E-state index is 13.6. The molecule has 2 N–H and O–H groups in total. The summed E-state index contributed by atoms with van der Waals surface area (Å²) in [5.41, 5.74) is 7.36. The Kier molecular flexibility index (Phi) is 4.99. The first-order valence-electron chi connectivity index (χ1n) is 6.53. The fraction of sp³-hybridized carbons (Fsp3) is 0.250. The number of ether oxygens (including phenoxy) is 1. The number of benzene rings is 2. The lowest BCUT2D eigenvalue weighted by molar-refractivity contribution is 0.300. The minimum absolute atomic E-state index is 0.0325. The number of halogens is 2. The highest BCUT2D eigenvalue weighted by Crippen LogP contribution is 2.23. The van der Waals surface area contributed by atoms with Crippen LogP contribution in [0.5, 0.6) is 5.75 Å². The van der Waals surface area contributed by atoms with Crippen LogP contribution in [-0.2, 0) is 6.61 Å². The fourth-order valence-electron chi connectivity index (χ4n) is 1.87. The Balaban J connectivity index is 2.04. The minimum atomic E-state index is -0.359. The summed E-state index contributed by atoms with van der Waals surface area (Å²) in [6.07, 6.45) is 0.880. The zero-order chi connectivity index (χ0) is 14.5. The standard InChI is InChI=1S/C16H17ClFNO/c1-2-16(19)11-6-8-12(9-7-11)20-10-13-14(17)4-3-5-15(13)18/h3-9,16H,2,10,19H2,1H3/t16-/m1/s1. The van der Waals surface area contributed by atoms with Crippen molar-refractivity contribution in [1.29, 1.82) is 0 Å². The first-order chi connectivity index (χ1) is 9.61. The third-order valence-electron chi connectivity index (χ3n) is 3.19. The summed E-state index contributed by atoms with van der Waals surface area (Å²) in [6, 6.07) is 12.1. The summed E-state index contributed by atoms with van der Waals surface area (Å²) in [6.45, 7) is 2.14. The van der Waals surface area contributed by atoms with Crippen molar-refractivity contribution in [2.24, 2.45) is 5.73 Å². The van der Waals surface area contributed by atoms with Gasteiger partial charge in [0.05, 0.1) is 5.02 Å². The van der Waals surface area contributed by atoms with E-state index in [1.807, 2.05) is 31.2 Å². The van der Waals surface area contributed by atoms with E-state index in [9.17, 15) is 4.39 Å². The van der Waals surface area contributed by atoms with Crippen LogP contribution in [0.3, 0.4) is 0 Å². The first-order valence-corrected chi connectivity index (χ1v) is 6.91. The Morgan fingerprint density at radius 2 is 1.90 bits per heavy atom. The molecule has 0 unspecified atom stereocenters. The van der Waals surface area contributed by atoms with Crippen molar-refractivity contribution in [3.8, 4) is 5.75 Å². The molecule has 4 heteroatoms. The number of hydrogen-bond acceptors (Lipinski definition) is 2. The molecule has 0 radical (unpaired) electrons. The maximum Gasteiger partial charge on any atom is 0.131 e. The predicted octanol–water partition coefficient (Wildman–Crippen LogP) is 4.47. The van der Waals surface area contributed by atoms with Crippen LogP contribution >= 0.6 is 11.6 Å². The lowest BCUT2D eigenvalue weighted by atomic mass is 10.1. The molecule has 0 saturated carbocycles. The molecule has 0 fully saturated rings. The van der Waals surface area contributed by atoms with Crippen molar-refractivity contribution in [3.63, 3.8) is 0 Å². The highest BCUT2D eigenvalue weighted by molar-refractivity contribution is 6.31. The molecule has 0 spiro atoms. The van der Waals surface area contributed by atoms with E-state index < -0.39 is 0 Å². The molecule has 2 aromatic rings. The van der Waals surface area contributed by atoms with Crippen LogP contribution in [0, 0.1) is 5.82 Å². The monoisotopic (exact) mass is 293 g/mol. The minimum Gasteiger partial charge on any atom is -0.489 e. The van der Waals surface area contributed by atoms with Crippen LogP contribution in [0.15, 0.2) is 42.5 Å². The summed E-state index contributed by atoms with van der Waals surface area (Å²) < 4.78 is 19.1. The van der Waals surface area contributed by atoms with Gasteiger partial charge >= 0.3 is 0 Å². The molecule has 106 valence electrons. The first kappa shape index (κ1) is 14.8. The summed E-state index contributed by atoms with van der Waals surface area (Å²) >= 11 is 5.94. The average Bonchev–Trinajstić information content (AvgIpc) is 2.46. The molecule has 0 amide bonds. The molecule has 0 bridgehead atoms. The Morgan fingerprint density at radius 3 is 2.50 bits per heavy atom. The van der Waals surface area contributed by atoms with E-state index in [0.29, 0.717) is 16.3 Å². The molecule has 2 rings (SSSR count). The predicted molar refractivity (Wildman–Crippen MR) is 79.4 cm³/mol. The van der Waals surface area contributed by atoms with Gasteiger partial charge in [-0.05, 0) is 36.2 Å². The fourth-order valence-corrected chi connectivity index (χ4v) is 2.09. The Bertz CT molecular complexity index is 551. The van der Waals surface area contributed by atoms with E-state index in [1.54, 1.807) is 12.1 Å². The second kappa shape index (κ2) is 6.73. The van der Waals surface area contributed by atoms with Crippen LogP contribution in [0.1, 0.15) is 30.5 Å². The van der Waals surface area contributed by atoms with Crippen LogP contribution < -0.4 is 10.5 Å². The van der Waals surface area contributed by atoms with E-state index in [4.69, 9.17) is 22.1 Å². The van der Waals surface area contributed by atoms with E-state index in [1.165, 1.54) is 6.07 Å². The molecule has 0 heterocycles. The van der Waals surface area contributed by atoms with Gasteiger partial charge in [0.1, 0.15) is 18.2 Å². The van der Waals surface area contributed by atoms with E-state index in [0.717, 1.165) is 12.0 Å². The number of hydrogen-bond donors (Lipinski definition) is 1. The lowest BCUT2D eigenvalue weighted by Crippen LogP contribution is -2.08. The lowest BCUT2D eigenvalue weighted by Gasteiger charge is -2.11. The molecule has 0 aliphatic rings. The SMILES string of the molecule is CC[C@@H](N)c1ccc(OCc2c(F)cccc2Cl)cc1. The van der Waals surface area contributed by atoms with Gasteiger partial charge in [0.15, 0.2) is 0 Å². The maximum atomic E-state index is 13.6. The van der Waals surface area contributed by atoms with Gasteiger partial charge in [-0.25, -0.2) is 4.39 Å². The van der Waals surface area contributed by atoms with Gasteiger partial charge in [-0.2, -0.15) is 0 Å². The van der Waals surface area contributed by atoms with Crippen LogP contribution in [0.4, 0.5) is 4.39 Å². The van der Waals surface area contributed by atoms with Gasteiger partial charge in [-0.1, -0.05) is 36.7 Å². The molecule has 2 nitrogen and oxygen atoms in total. The largest absolute Gasteiger partial charge is 0.489 e. The van der Waals surface area contributed by atoms with Gasteiger partial charge in [-0.3, -0.25) is 0 Å².